The molecule has 0 heteroatoms. The predicted octanol–water partition coefficient (Wildman–Crippen LogP) is 13.7. The van der Waals surface area contributed by atoms with E-state index < -0.39 is 0 Å². The summed E-state index contributed by atoms with van der Waals surface area (Å²) in [6.07, 6.45) is 47.8. The molecular weight excluding hydrogens is 649 g/mol. The first-order valence-corrected chi connectivity index (χ1v) is 20.8. The smallest absolute Gasteiger partial charge is 0.0103 e. The second kappa shape index (κ2) is 13.3. The second-order valence-electron chi connectivity index (χ2n) is 16.8. The quantitative estimate of drug-likeness (QED) is 0.255. The molecule has 0 radical (unpaired) electrons. The summed E-state index contributed by atoms with van der Waals surface area (Å²) < 4.78 is 0. The van der Waals surface area contributed by atoms with Crippen molar-refractivity contribution < 1.29 is 0 Å². The van der Waals surface area contributed by atoms with Gasteiger partial charge < -0.3 is 0 Å². The standard InChI is InChI=1S/C54H48/c1-2-10-35(11-3-1)40-20-21-42-29-43(23-22-41(42)28-40)44-26-27-49-51(46-25-19-37-13-5-7-15-39(37)31-46)33-53-48-17-9-8-16-47(48)50(34-54(53)52(49)32-44)45-24-18-36-12-4-6-14-38(36)30-45/h1-2,6-10,14-16,18-19,22-28,30-34,42,48,53-54H,3-5,11-13,17,20-21,29H2. The van der Waals surface area contributed by atoms with Crippen LogP contribution in [-0.2, 0) is 12.8 Å². The lowest BCUT2D eigenvalue weighted by Gasteiger charge is -2.43. The first kappa shape index (κ1) is 32.2. The highest BCUT2D eigenvalue weighted by atomic mass is 14.4. The van der Waals surface area contributed by atoms with Crippen LogP contribution in [0.4, 0.5) is 0 Å². The predicted molar refractivity (Wildman–Crippen MR) is 229 cm³/mol. The van der Waals surface area contributed by atoms with Gasteiger partial charge in [-0.05, 0) is 183 Å². The van der Waals surface area contributed by atoms with Gasteiger partial charge in [0.1, 0.15) is 0 Å². The van der Waals surface area contributed by atoms with Crippen molar-refractivity contribution in [2.75, 3.05) is 0 Å². The molecular formula is C54H48. The van der Waals surface area contributed by atoms with Gasteiger partial charge in [0.05, 0.1) is 0 Å². The van der Waals surface area contributed by atoms with Crippen LogP contribution in [0.15, 0.2) is 156 Å². The third-order valence-corrected chi connectivity index (χ3v) is 13.8. The zero-order chi connectivity index (χ0) is 35.6. The van der Waals surface area contributed by atoms with E-state index in [9.17, 15) is 0 Å². The van der Waals surface area contributed by atoms with Crippen LogP contribution in [0.2, 0.25) is 0 Å². The average Bonchev–Trinajstić information content (AvgIpc) is 3.25. The van der Waals surface area contributed by atoms with Gasteiger partial charge in [0.2, 0.25) is 0 Å². The first-order valence-electron chi connectivity index (χ1n) is 20.8. The van der Waals surface area contributed by atoms with Crippen LogP contribution >= 0.6 is 0 Å². The molecule has 0 amide bonds. The molecule has 0 saturated carbocycles. The van der Waals surface area contributed by atoms with Crippen molar-refractivity contribution in [3.05, 3.63) is 206 Å². The fourth-order valence-electron chi connectivity index (χ4n) is 10.9. The lowest BCUT2D eigenvalue weighted by Crippen LogP contribution is -2.30. The SMILES string of the molecule is C1=CCCC(C2=CC3=CC=C(c4ccc5c(c4)C4C=C(c6ccc7c(c6)C=CCC7)C6=CC=CCC6C4C=C5c4ccc5c(c4)C=CCC5)CC3CC2)=C1. The van der Waals surface area contributed by atoms with Gasteiger partial charge in [0.25, 0.3) is 0 Å². The van der Waals surface area contributed by atoms with Gasteiger partial charge in [-0.3, -0.25) is 0 Å². The summed E-state index contributed by atoms with van der Waals surface area (Å²) in [5.74, 6) is 1.79. The summed E-state index contributed by atoms with van der Waals surface area (Å²) in [4.78, 5) is 0. The topological polar surface area (TPSA) is 0 Å². The van der Waals surface area contributed by atoms with Crippen LogP contribution in [0.1, 0.15) is 107 Å². The van der Waals surface area contributed by atoms with E-state index in [2.05, 4.69) is 146 Å². The van der Waals surface area contributed by atoms with E-state index in [1.54, 1.807) is 11.1 Å². The molecule has 0 bridgehead atoms. The van der Waals surface area contributed by atoms with E-state index in [1.807, 2.05) is 0 Å². The Morgan fingerprint density at radius 1 is 0.556 bits per heavy atom. The maximum absolute atomic E-state index is 2.68. The molecule has 0 aliphatic heterocycles. The van der Waals surface area contributed by atoms with Gasteiger partial charge >= 0.3 is 0 Å². The van der Waals surface area contributed by atoms with E-state index in [0.29, 0.717) is 23.7 Å². The molecule has 0 aromatic heterocycles. The molecule has 8 aliphatic carbocycles. The van der Waals surface area contributed by atoms with Crippen LogP contribution in [0, 0.1) is 17.8 Å². The molecule has 0 heterocycles. The Bertz CT molecular complexity index is 2450. The maximum atomic E-state index is 2.68. The van der Waals surface area contributed by atoms with E-state index in [-0.39, 0.29) is 0 Å². The van der Waals surface area contributed by atoms with Crippen LogP contribution < -0.4 is 0 Å². The normalized spacial score (nSPS) is 25.9. The lowest BCUT2D eigenvalue weighted by molar-refractivity contribution is 0.412. The first-order chi connectivity index (χ1) is 26.7. The average molecular weight is 697 g/mol. The van der Waals surface area contributed by atoms with Crippen molar-refractivity contribution in [2.45, 2.75) is 70.1 Å². The van der Waals surface area contributed by atoms with Gasteiger partial charge in [-0.15, -0.1) is 0 Å². The fourth-order valence-corrected chi connectivity index (χ4v) is 10.9. The summed E-state index contributed by atoms with van der Waals surface area (Å²) in [6, 6.07) is 22.1. The van der Waals surface area contributed by atoms with E-state index in [4.69, 9.17) is 0 Å². The van der Waals surface area contributed by atoms with Gasteiger partial charge in [0.15, 0.2) is 0 Å². The summed E-state index contributed by atoms with van der Waals surface area (Å²) in [5, 5.41) is 0. The van der Waals surface area contributed by atoms with E-state index in [0.717, 1.165) is 38.5 Å². The Kier molecular flexibility index (Phi) is 7.93. The van der Waals surface area contributed by atoms with E-state index in [1.165, 1.54) is 104 Å². The molecule has 0 nitrogen and oxygen atoms in total. The monoisotopic (exact) mass is 696 g/mol. The minimum atomic E-state index is 0.324. The van der Waals surface area contributed by atoms with Crippen LogP contribution in [0.3, 0.4) is 0 Å². The van der Waals surface area contributed by atoms with Crippen molar-refractivity contribution in [2.24, 2.45) is 17.8 Å². The highest BCUT2D eigenvalue weighted by Crippen LogP contribution is 2.55. The molecule has 4 unspecified atom stereocenters. The molecule has 4 atom stereocenters. The Balaban J connectivity index is 1.04. The van der Waals surface area contributed by atoms with Crippen LogP contribution in [0.25, 0.3) is 28.9 Å². The summed E-state index contributed by atoms with van der Waals surface area (Å²) in [7, 11) is 0. The van der Waals surface area contributed by atoms with Crippen molar-refractivity contribution in [3.8, 4) is 0 Å². The minimum absolute atomic E-state index is 0.324. The van der Waals surface area contributed by atoms with Crippen molar-refractivity contribution in [3.63, 3.8) is 0 Å². The van der Waals surface area contributed by atoms with Crippen LogP contribution in [0.5, 0.6) is 0 Å². The zero-order valence-corrected chi connectivity index (χ0v) is 31.2. The maximum Gasteiger partial charge on any atom is 0.0103 e. The van der Waals surface area contributed by atoms with Gasteiger partial charge in [0, 0.05) is 5.92 Å². The van der Waals surface area contributed by atoms with Crippen molar-refractivity contribution >= 4 is 28.9 Å². The molecule has 3 aromatic rings. The molecule has 264 valence electrons. The molecule has 0 fully saturated rings. The Morgan fingerprint density at radius 2 is 1.31 bits per heavy atom. The van der Waals surface area contributed by atoms with E-state index >= 15 is 0 Å². The molecule has 0 N–H and O–H groups in total. The third kappa shape index (κ3) is 5.57. The van der Waals surface area contributed by atoms with Crippen molar-refractivity contribution in [1.82, 2.24) is 0 Å². The van der Waals surface area contributed by atoms with Gasteiger partial charge in [-0.25, -0.2) is 0 Å². The fraction of sp³-hybridized carbons (Fsp3) is 0.259. The number of fused-ring (bicyclic) bond motifs is 8. The highest BCUT2D eigenvalue weighted by Gasteiger charge is 2.41. The number of rotatable bonds is 4. The Hall–Kier alpha value is -5.20. The minimum Gasteiger partial charge on any atom is -0.0842 e. The van der Waals surface area contributed by atoms with Gasteiger partial charge in [-0.2, -0.15) is 0 Å². The number of benzene rings is 3. The molecule has 0 saturated heterocycles. The number of hydrogen-bond donors (Lipinski definition) is 0. The molecule has 0 spiro atoms. The molecule has 54 heavy (non-hydrogen) atoms. The molecule has 11 rings (SSSR count). The van der Waals surface area contributed by atoms with Crippen LogP contribution in [-0.4, -0.2) is 0 Å². The Morgan fingerprint density at radius 3 is 2.11 bits per heavy atom. The van der Waals surface area contributed by atoms with Gasteiger partial charge in [-0.1, -0.05) is 134 Å². The number of allylic oxidation sites excluding steroid dienone is 19. The summed E-state index contributed by atoms with van der Waals surface area (Å²) in [5.41, 5.74) is 23.3. The lowest BCUT2D eigenvalue weighted by atomic mass is 9.61. The highest BCUT2D eigenvalue weighted by molar-refractivity contribution is 5.90. The molecule has 3 aromatic carbocycles. The second-order valence-corrected chi connectivity index (χ2v) is 16.8. The summed E-state index contributed by atoms with van der Waals surface area (Å²) >= 11 is 0. The Labute approximate surface area is 321 Å². The molecule has 8 aliphatic rings. The zero-order valence-electron chi connectivity index (χ0n) is 31.2. The third-order valence-electron chi connectivity index (χ3n) is 13.8. The number of hydrogen-bond acceptors (Lipinski definition) is 0. The largest absolute Gasteiger partial charge is 0.0842 e. The van der Waals surface area contributed by atoms with Crippen molar-refractivity contribution in [1.29, 1.82) is 0 Å². The number of aryl methyl sites for hydroxylation is 2. The summed E-state index contributed by atoms with van der Waals surface area (Å²) in [6.45, 7) is 0.